The summed E-state index contributed by atoms with van der Waals surface area (Å²) in [6.07, 6.45) is -4.55. The molecule has 19 heavy (non-hydrogen) atoms. The Bertz CT molecular complexity index is 617. The first-order valence-corrected chi connectivity index (χ1v) is 5.52. The lowest BCUT2D eigenvalue weighted by molar-refractivity contribution is -0.137. The van der Waals surface area contributed by atoms with Crippen molar-refractivity contribution in [2.24, 2.45) is 0 Å². The monoisotopic (exact) mass is 269 g/mol. The fraction of sp³-hybridized carbons (Fsp3) is 0.143. The number of alkyl halides is 3. The molecule has 100 valence electrons. The van der Waals surface area contributed by atoms with Gasteiger partial charge in [-0.05, 0) is 42.3 Å². The van der Waals surface area contributed by atoms with Crippen LogP contribution in [0.15, 0.2) is 36.4 Å². The van der Waals surface area contributed by atoms with Gasteiger partial charge in [0.25, 0.3) is 0 Å². The lowest BCUT2D eigenvalue weighted by atomic mass is 9.98. The van der Waals surface area contributed by atoms with Crippen molar-refractivity contribution in [2.75, 3.05) is 5.73 Å². The molecule has 0 saturated heterocycles. The summed E-state index contributed by atoms with van der Waals surface area (Å²) in [5.41, 5.74) is 6.47. The fourth-order valence-corrected chi connectivity index (χ4v) is 1.90. The van der Waals surface area contributed by atoms with Crippen LogP contribution in [-0.4, -0.2) is 0 Å². The summed E-state index contributed by atoms with van der Waals surface area (Å²) in [6.45, 7) is 1.73. The van der Waals surface area contributed by atoms with Crippen LogP contribution < -0.4 is 5.73 Å². The van der Waals surface area contributed by atoms with E-state index in [1.54, 1.807) is 25.1 Å². The third-order valence-electron chi connectivity index (χ3n) is 2.84. The number of halogens is 4. The fourth-order valence-electron chi connectivity index (χ4n) is 1.90. The highest BCUT2D eigenvalue weighted by Crippen LogP contribution is 2.33. The molecule has 0 heterocycles. The van der Waals surface area contributed by atoms with Crippen LogP contribution >= 0.6 is 0 Å². The third kappa shape index (κ3) is 2.70. The Morgan fingerprint density at radius 3 is 2.11 bits per heavy atom. The van der Waals surface area contributed by atoms with E-state index < -0.39 is 17.6 Å². The second kappa shape index (κ2) is 4.57. The van der Waals surface area contributed by atoms with Crippen molar-refractivity contribution in [3.05, 3.63) is 53.3 Å². The number of benzene rings is 2. The van der Waals surface area contributed by atoms with E-state index in [-0.39, 0.29) is 5.56 Å². The maximum atomic E-state index is 13.8. The van der Waals surface area contributed by atoms with E-state index in [2.05, 4.69) is 0 Å². The van der Waals surface area contributed by atoms with E-state index in [9.17, 15) is 17.6 Å². The molecule has 0 fully saturated rings. The van der Waals surface area contributed by atoms with Gasteiger partial charge in [-0.25, -0.2) is 4.39 Å². The van der Waals surface area contributed by atoms with E-state index in [0.29, 0.717) is 22.9 Å². The summed E-state index contributed by atoms with van der Waals surface area (Å²) in [5, 5.41) is 0. The molecule has 0 atom stereocenters. The van der Waals surface area contributed by atoms with Crippen molar-refractivity contribution in [3.63, 3.8) is 0 Å². The normalized spacial score (nSPS) is 11.6. The van der Waals surface area contributed by atoms with E-state index in [1.807, 2.05) is 0 Å². The number of nitrogen functional groups attached to an aromatic ring is 1. The molecule has 0 aliphatic carbocycles. The molecule has 0 saturated carbocycles. The number of nitrogens with two attached hydrogens (primary N) is 1. The Hall–Kier alpha value is -2.04. The number of aryl methyl sites for hydroxylation is 1. The third-order valence-corrected chi connectivity index (χ3v) is 2.84. The largest absolute Gasteiger partial charge is 0.416 e. The van der Waals surface area contributed by atoms with Gasteiger partial charge >= 0.3 is 6.18 Å². The predicted molar refractivity (Wildman–Crippen MR) is 66.0 cm³/mol. The van der Waals surface area contributed by atoms with Crippen molar-refractivity contribution in [1.82, 2.24) is 0 Å². The predicted octanol–water partition coefficient (Wildman–Crippen LogP) is 4.40. The summed E-state index contributed by atoms with van der Waals surface area (Å²) in [5.74, 6) is -0.900. The molecule has 0 amide bonds. The number of hydrogen-bond donors (Lipinski definition) is 1. The molecule has 0 unspecified atom stereocenters. The highest BCUT2D eigenvalue weighted by molar-refractivity contribution is 5.70. The number of rotatable bonds is 1. The molecule has 0 aromatic heterocycles. The average Bonchev–Trinajstić information content (AvgIpc) is 2.28. The quantitative estimate of drug-likeness (QED) is 0.602. The zero-order valence-corrected chi connectivity index (χ0v) is 10.1. The van der Waals surface area contributed by atoms with E-state index in [0.717, 1.165) is 12.1 Å². The van der Waals surface area contributed by atoms with Crippen LogP contribution in [0.2, 0.25) is 0 Å². The van der Waals surface area contributed by atoms with Gasteiger partial charge in [0.05, 0.1) is 5.56 Å². The second-order valence-corrected chi connectivity index (χ2v) is 4.27. The van der Waals surface area contributed by atoms with Crippen molar-refractivity contribution in [1.29, 1.82) is 0 Å². The Kier molecular flexibility index (Phi) is 3.22. The Morgan fingerprint density at radius 2 is 1.58 bits per heavy atom. The van der Waals surface area contributed by atoms with Gasteiger partial charge in [-0.3, -0.25) is 0 Å². The van der Waals surface area contributed by atoms with Crippen LogP contribution in [0.25, 0.3) is 11.1 Å². The van der Waals surface area contributed by atoms with Crippen LogP contribution in [0.3, 0.4) is 0 Å². The van der Waals surface area contributed by atoms with Crippen LogP contribution in [0.1, 0.15) is 11.1 Å². The van der Waals surface area contributed by atoms with Gasteiger partial charge in [0.2, 0.25) is 0 Å². The maximum Gasteiger partial charge on any atom is 0.416 e. The minimum Gasteiger partial charge on any atom is -0.399 e. The van der Waals surface area contributed by atoms with Crippen molar-refractivity contribution in [3.8, 4) is 11.1 Å². The molecule has 5 heteroatoms. The average molecular weight is 269 g/mol. The maximum absolute atomic E-state index is 13.8. The van der Waals surface area contributed by atoms with E-state index in [1.165, 1.54) is 0 Å². The molecule has 0 radical (unpaired) electrons. The molecule has 2 N–H and O–H groups in total. The Balaban J connectivity index is 2.52. The highest BCUT2D eigenvalue weighted by atomic mass is 19.4. The van der Waals surface area contributed by atoms with Crippen molar-refractivity contribution >= 4 is 5.69 Å². The van der Waals surface area contributed by atoms with Gasteiger partial charge in [0.15, 0.2) is 0 Å². The molecule has 0 aliphatic rings. The number of hydrogen-bond acceptors (Lipinski definition) is 1. The van der Waals surface area contributed by atoms with E-state index >= 15 is 0 Å². The SMILES string of the molecule is Cc1cc(N)ccc1-c1ccc(C(F)(F)F)cc1F. The molecule has 0 aliphatic heterocycles. The Labute approximate surface area is 107 Å². The summed E-state index contributed by atoms with van der Waals surface area (Å²) in [4.78, 5) is 0. The van der Waals surface area contributed by atoms with Gasteiger partial charge in [-0.1, -0.05) is 12.1 Å². The molecular formula is C14H11F4N. The topological polar surface area (TPSA) is 26.0 Å². The first-order valence-electron chi connectivity index (χ1n) is 5.52. The van der Waals surface area contributed by atoms with Gasteiger partial charge in [-0.15, -0.1) is 0 Å². The molecule has 1 nitrogen and oxygen atoms in total. The van der Waals surface area contributed by atoms with Gasteiger partial charge in [0.1, 0.15) is 5.82 Å². The second-order valence-electron chi connectivity index (χ2n) is 4.27. The minimum absolute atomic E-state index is 0.130. The summed E-state index contributed by atoms with van der Waals surface area (Å²) < 4.78 is 51.2. The standard InChI is InChI=1S/C14H11F4N/c1-8-6-10(19)3-5-11(8)12-4-2-9(7-13(12)15)14(16,17)18/h2-7H,19H2,1H3. The lowest BCUT2D eigenvalue weighted by Gasteiger charge is -2.11. The van der Waals surface area contributed by atoms with Gasteiger partial charge in [0, 0.05) is 11.3 Å². The van der Waals surface area contributed by atoms with Crippen molar-refractivity contribution in [2.45, 2.75) is 13.1 Å². The van der Waals surface area contributed by atoms with Crippen LogP contribution in [0, 0.1) is 12.7 Å². The number of anilines is 1. The molecule has 0 spiro atoms. The molecule has 2 aromatic carbocycles. The summed E-state index contributed by atoms with van der Waals surface area (Å²) in [6, 6.07) is 7.33. The van der Waals surface area contributed by atoms with E-state index in [4.69, 9.17) is 5.73 Å². The van der Waals surface area contributed by atoms with Gasteiger partial charge in [-0.2, -0.15) is 13.2 Å². The van der Waals surface area contributed by atoms with Crippen LogP contribution in [0.4, 0.5) is 23.2 Å². The molecular weight excluding hydrogens is 258 g/mol. The first kappa shape index (κ1) is 13.4. The highest BCUT2D eigenvalue weighted by Gasteiger charge is 2.31. The molecule has 2 rings (SSSR count). The summed E-state index contributed by atoms with van der Waals surface area (Å²) in [7, 11) is 0. The molecule has 0 bridgehead atoms. The zero-order valence-electron chi connectivity index (χ0n) is 10.1. The first-order chi connectivity index (χ1) is 8.79. The van der Waals surface area contributed by atoms with Crippen molar-refractivity contribution < 1.29 is 17.6 Å². The van der Waals surface area contributed by atoms with Gasteiger partial charge < -0.3 is 5.73 Å². The Morgan fingerprint density at radius 1 is 0.947 bits per heavy atom. The van der Waals surface area contributed by atoms with Crippen LogP contribution in [0.5, 0.6) is 0 Å². The molecule has 2 aromatic rings. The smallest absolute Gasteiger partial charge is 0.399 e. The zero-order chi connectivity index (χ0) is 14.2. The minimum atomic E-state index is -4.55. The summed E-state index contributed by atoms with van der Waals surface area (Å²) >= 11 is 0. The lowest BCUT2D eigenvalue weighted by Crippen LogP contribution is -2.05. The van der Waals surface area contributed by atoms with Crippen LogP contribution in [-0.2, 0) is 6.18 Å².